The van der Waals surface area contributed by atoms with E-state index >= 15 is 0 Å². The summed E-state index contributed by atoms with van der Waals surface area (Å²) in [6.45, 7) is 4.13. The Morgan fingerprint density at radius 3 is 2.19 bits per heavy atom. The Kier molecular flexibility index (Phi) is 7.39. The van der Waals surface area contributed by atoms with Gasteiger partial charge in [-0.2, -0.15) is 0 Å². The largest absolute Gasteiger partial charge is 0.413 e. The van der Waals surface area contributed by atoms with E-state index in [1.807, 2.05) is 28.1 Å². The summed E-state index contributed by atoms with van der Waals surface area (Å²) in [5, 5.41) is 0. The average molecular weight is 230 g/mol. The number of rotatable bonds is 8. The highest BCUT2D eigenvalue weighted by molar-refractivity contribution is 5.69. The van der Waals surface area contributed by atoms with Gasteiger partial charge in [-0.1, -0.05) is 32.6 Å². The highest BCUT2D eigenvalue weighted by Crippen LogP contribution is 2.09. The number of nitrogens with zero attached hydrogens (tertiary/aromatic N) is 1. The molecule has 0 aromatic carbocycles. The van der Waals surface area contributed by atoms with Crippen molar-refractivity contribution < 1.29 is 14.0 Å². The molecule has 0 aromatic heterocycles. The first kappa shape index (κ1) is 15.4. The highest BCUT2D eigenvalue weighted by Gasteiger charge is 2.21. The maximum absolute atomic E-state index is 11.5. The van der Waals surface area contributed by atoms with Crippen molar-refractivity contribution in [1.82, 2.24) is 0 Å². The first-order valence-corrected chi connectivity index (χ1v) is 6.38. The number of ether oxygens (including phenoxy) is 1. The second-order valence-corrected chi connectivity index (χ2v) is 5.37. The summed E-state index contributed by atoms with van der Waals surface area (Å²) >= 11 is 0. The van der Waals surface area contributed by atoms with Gasteiger partial charge >= 0.3 is 5.97 Å². The molecule has 0 heterocycles. The molecule has 0 saturated carbocycles. The van der Waals surface area contributed by atoms with Gasteiger partial charge in [-0.05, 0) is 6.42 Å². The van der Waals surface area contributed by atoms with Crippen molar-refractivity contribution in [2.75, 3.05) is 21.1 Å². The third kappa shape index (κ3) is 7.69. The van der Waals surface area contributed by atoms with Crippen LogP contribution in [0.4, 0.5) is 0 Å². The Balaban J connectivity index is 3.59. The van der Waals surface area contributed by atoms with Crippen LogP contribution < -0.4 is 0 Å². The number of hydrogen-bond acceptors (Lipinski definition) is 2. The molecule has 1 unspecified atom stereocenters. The summed E-state index contributed by atoms with van der Waals surface area (Å²) in [6.07, 6.45) is 6.34. The van der Waals surface area contributed by atoms with Crippen molar-refractivity contribution >= 4 is 5.97 Å². The summed E-state index contributed by atoms with van der Waals surface area (Å²) in [4.78, 5) is 11.5. The van der Waals surface area contributed by atoms with Gasteiger partial charge in [0.2, 0.25) is 6.23 Å². The van der Waals surface area contributed by atoms with E-state index in [1.54, 1.807) is 0 Å². The van der Waals surface area contributed by atoms with Crippen molar-refractivity contribution in [3.63, 3.8) is 0 Å². The van der Waals surface area contributed by atoms with E-state index < -0.39 is 0 Å². The van der Waals surface area contributed by atoms with Crippen LogP contribution in [0, 0.1) is 0 Å². The van der Waals surface area contributed by atoms with E-state index in [2.05, 4.69) is 6.92 Å². The Morgan fingerprint density at radius 1 is 1.12 bits per heavy atom. The van der Waals surface area contributed by atoms with Crippen LogP contribution >= 0.6 is 0 Å². The van der Waals surface area contributed by atoms with E-state index in [0.717, 1.165) is 12.8 Å². The molecular formula is C13H28NO2+. The number of hydrogen-bond donors (Lipinski definition) is 0. The minimum absolute atomic E-state index is 0.0583. The van der Waals surface area contributed by atoms with Crippen LogP contribution in [0.2, 0.25) is 0 Å². The third-order valence-electron chi connectivity index (χ3n) is 2.88. The molecule has 3 nitrogen and oxygen atoms in total. The van der Waals surface area contributed by atoms with Crippen LogP contribution in [0.1, 0.15) is 52.4 Å². The average Bonchev–Trinajstić information content (AvgIpc) is 2.16. The van der Waals surface area contributed by atoms with Crippen molar-refractivity contribution in [1.29, 1.82) is 0 Å². The van der Waals surface area contributed by atoms with E-state index in [0.29, 0.717) is 10.9 Å². The first-order chi connectivity index (χ1) is 7.38. The zero-order valence-electron chi connectivity index (χ0n) is 11.6. The minimum atomic E-state index is -0.0665. The number of esters is 1. The van der Waals surface area contributed by atoms with E-state index in [1.165, 1.54) is 19.3 Å². The molecule has 0 aliphatic carbocycles. The van der Waals surface area contributed by atoms with Crippen LogP contribution in [0.5, 0.6) is 0 Å². The quantitative estimate of drug-likeness (QED) is 0.277. The summed E-state index contributed by atoms with van der Waals surface area (Å²) < 4.78 is 6.01. The molecule has 16 heavy (non-hydrogen) atoms. The Morgan fingerprint density at radius 2 is 1.69 bits per heavy atom. The SMILES string of the molecule is CCCCCCCC(=O)OC(C)[N+](C)(C)C. The lowest BCUT2D eigenvalue weighted by molar-refractivity contribution is -0.914. The second-order valence-electron chi connectivity index (χ2n) is 5.37. The molecule has 0 amide bonds. The normalized spacial score (nSPS) is 13.6. The lowest BCUT2D eigenvalue weighted by atomic mass is 10.1. The lowest BCUT2D eigenvalue weighted by Gasteiger charge is -2.30. The third-order valence-corrected chi connectivity index (χ3v) is 2.88. The summed E-state index contributed by atoms with van der Waals surface area (Å²) in [6, 6.07) is 0. The molecule has 0 aliphatic rings. The van der Waals surface area contributed by atoms with Crippen LogP contribution in [-0.2, 0) is 9.53 Å². The maximum Gasteiger partial charge on any atom is 0.310 e. The summed E-state index contributed by atoms with van der Waals surface area (Å²) in [5.74, 6) is -0.0583. The van der Waals surface area contributed by atoms with Gasteiger partial charge in [0, 0.05) is 13.3 Å². The van der Waals surface area contributed by atoms with E-state index in [-0.39, 0.29) is 12.2 Å². The van der Waals surface area contributed by atoms with Crippen molar-refractivity contribution in [2.24, 2.45) is 0 Å². The zero-order chi connectivity index (χ0) is 12.6. The topological polar surface area (TPSA) is 26.3 Å². The van der Waals surface area contributed by atoms with Crippen LogP contribution in [0.15, 0.2) is 0 Å². The predicted octanol–water partition coefficient (Wildman–Crippen LogP) is 2.94. The fourth-order valence-corrected chi connectivity index (χ4v) is 1.28. The van der Waals surface area contributed by atoms with E-state index in [4.69, 9.17) is 4.74 Å². The lowest BCUT2D eigenvalue weighted by Crippen LogP contribution is -2.45. The van der Waals surface area contributed by atoms with Crippen molar-refractivity contribution in [3.8, 4) is 0 Å². The molecule has 0 saturated heterocycles. The van der Waals surface area contributed by atoms with Gasteiger partial charge in [0.1, 0.15) is 0 Å². The molecule has 0 spiro atoms. The molecule has 1 atom stereocenters. The fraction of sp³-hybridized carbons (Fsp3) is 0.923. The zero-order valence-corrected chi connectivity index (χ0v) is 11.6. The summed E-state index contributed by atoms with van der Waals surface area (Å²) in [7, 11) is 6.08. The van der Waals surface area contributed by atoms with Crippen molar-refractivity contribution in [3.05, 3.63) is 0 Å². The van der Waals surface area contributed by atoms with Crippen molar-refractivity contribution in [2.45, 2.75) is 58.6 Å². The maximum atomic E-state index is 11.5. The first-order valence-electron chi connectivity index (χ1n) is 6.38. The van der Waals surface area contributed by atoms with Gasteiger partial charge in [-0.15, -0.1) is 0 Å². The molecule has 3 heteroatoms. The molecule has 0 rings (SSSR count). The Bertz CT molecular complexity index is 197. The monoisotopic (exact) mass is 230 g/mol. The minimum Gasteiger partial charge on any atom is -0.413 e. The van der Waals surface area contributed by atoms with Gasteiger partial charge < -0.3 is 4.74 Å². The molecule has 96 valence electrons. The van der Waals surface area contributed by atoms with E-state index in [9.17, 15) is 4.79 Å². The van der Waals surface area contributed by atoms with Crippen LogP contribution in [0.25, 0.3) is 0 Å². The standard InChI is InChI=1S/C13H28NO2/c1-6-7-8-9-10-11-13(15)16-12(2)14(3,4)5/h12H,6-11H2,1-5H3/q+1. The number of carbonyl (C=O) groups is 1. The smallest absolute Gasteiger partial charge is 0.310 e. The second kappa shape index (κ2) is 7.66. The number of unbranched alkanes of at least 4 members (excludes halogenated alkanes) is 4. The fourth-order valence-electron chi connectivity index (χ4n) is 1.28. The van der Waals surface area contributed by atoms with Gasteiger partial charge in [-0.25, -0.2) is 0 Å². The molecule has 0 N–H and O–H groups in total. The molecule has 0 radical (unpaired) electrons. The Hall–Kier alpha value is -0.570. The van der Waals surface area contributed by atoms with Crippen LogP contribution in [0.3, 0.4) is 0 Å². The number of carbonyl (C=O) groups excluding carboxylic acids is 1. The molecule has 0 fully saturated rings. The number of quaternary nitrogens is 1. The summed E-state index contributed by atoms with van der Waals surface area (Å²) in [5.41, 5.74) is 0. The van der Waals surface area contributed by atoms with Crippen LogP contribution in [-0.4, -0.2) is 37.8 Å². The highest BCUT2D eigenvalue weighted by atomic mass is 16.6. The molecule has 0 aliphatic heterocycles. The van der Waals surface area contributed by atoms with Gasteiger partial charge in [0.25, 0.3) is 0 Å². The van der Waals surface area contributed by atoms with Gasteiger partial charge in [0.05, 0.1) is 21.1 Å². The molecule has 0 bridgehead atoms. The van der Waals surface area contributed by atoms with Gasteiger partial charge in [-0.3, -0.25) is 9.28 Å². The Labute approximate surface area is 100 Å². The molecule has 0 aromatic rings. The molecular weight excluding hydrogens is 202 g/mol. The predicted molar refractivity (Wildman–Crippen MR) is 67.0 cm³/mol. The van der Waals surface area contributed by atoms with Gasteiger partial charge in [0.15, 0.2) is 0 Å².